The number of aromatic hydroxyl groups is 1. The molecule has 0 heterocycles. The number of phenolic OH excluding ortho intramolecular Hbond substituents is 1. The van der Waals surface area contributed by atoms with E-state index in [0.29, 0.717) is 25.2 Å². The lowest BCUT2D eigenvalue weighted by atomic mass is 9.79. The van der Waals surface area contributed by atoms with Crippen molar-refractivity contribution in [1.82, 2.24) is 0 Å². The van der Waals surface area contributed by atoms with Crippen LogP contribution in [0.1, 0.15) is 84.9 Å². The van der Waals surface area contributed by atoms with Gasteiger partial charge in [-0.1, -0.05) is 67.5 Å². The summed E-state index contributed by atoms with van der Waals surface area (Å²) in [5.74, 6) is 1.14. The Kier molecular flexibility index (Phi) is 9.15. The Labute approximate surface area is 210 Å². The van der Waals surface area contributed by atoms with Gasteiger partial charge in [0.2, 0.25) is 0 Å². The third kappa shape index (κ3) is 7.97. The molecule has 4 nitrogen and oxygen atoms in total. The normalized spacial score (nSPS) is 12.6. The Bertz CT molecular complexity index is 928. The SMILES string of the molecule is CC(C)(CCCOc1ccc(CCSc2cc(C(C)(C)C)c(O)c(C(C)(C)C)c2)cc1)C(=O)[O-]. The number of carboxylic acid groups (broad SMARTS) is 1. The lowest BCUT2D eigenvalue weighted by Crippen LogP contribution is -2.38. The van der Waals surface area contributed by atoms with Gasteiger partial charge in [0, 0.05) is 33.2 Å². The molecule has 0 aliphatic heterocycles. The molecule has 2 aromatic carbocycles. The summed E-state index contributed by atoms with van der Waals surface area (Å²) >= 11 is 1.81. The number of aliphatic carboxylic acids is 1. The number of phenols is 1. The third-order valence-corrected chi connectivity index (χ3v) is 7.03. The average molecular weight is 486 g/mol. The van der Waals surface area contributed by atoms with E-state index in [0.717, 1.165) is 29.1 Å². The van der Waals surface area contributed by atoms with E-state index in [1.165, 1.54) is 10.5 Å². The van der Waals surface area contributed by atoms with Crippen LogP contribution < -0.4 is 9.84 Å². The first-order valence-corrected chi connectivity index (χ1v) is 13.0. The number of ether oxygens (including phenoxy) is 1. The number of carbonyl (C=O) groups excluding carboxylic acids is 1. The molecule has 5 heteroatoms. The maximum Gasteiger partial charge on any atom is 0.123 e. The zero-order valence-electron chi connectivity index (χ0n) is 22.1. The van der Waals surface area contributed by atoms with E-state index in [1.807, 2.05) is 23.9 Å². The number of thioether (sulfide) groups is 1. The number of rotatable bonds is 10. The van der Waals surface area contributed by atoms with E-state index >= 15 is 0 Å². The van der Waals surface area contributed by atoms with Crippen LogP contribution in [0, 0.1) is 5.41 Å². The van der Waals surface area contributed by atoms with Crippen molar-refractivity contribution >= 4 is 17.7 Å². The first kappa shape index (κ1) is 28.1. The molecule has 0 saturated carbocycles. The fourth-order valence-electron chi connectivity index (χ4n) is 3.68. The standard InChI is InChI=1S/C29H42O4S/c1-27(2,3)23-18-22(19-24(25(23)30)28(4,5)6)34-17-14-20-10-12-21(13-11-20)33-16-9-15-29(7,8)26(31)32/h10-13,18-19,30H,9,14-17H2,1-8H3,(H,31,32)/p-1. The first-order valence-electron chi connectivity index (χ1n) is 12.1. The smallest absolute Gasteiger partial charge is 0.123 e. The number of benzene rings is 2. The molecule has 0 fully saturated rings. The van der Waals surface area contributed by atoms with Gasteiger partial charge in [-0.2, -0.15) is 0 Å². The highest BCUT2D eigenvalue weighted by atomic mass is 32.2. The number of hydrogen-bond donors (Lipinski definition) is 1. The number of hydrogen-bond acceptors (Lipinski definition) is 5. The molecular formula is C29H41O4S-. The second-order valence-corrected chi connectivity index (χ2v) is 12.9. The number of carbonyl (C=O) groups is 1. The predicted molar refractivity (Wildman–Crippen MR) is 140 cm³/mol. The monoisotopic (exact) mass is 485 g/mol. The summed E-state index contributed by atoms with van der Waals surface area (Å²) in [5, 5.41) is 22.0. The third-order valence-electron chi connectivity index (χ3n) is 6.05. The fourth-order valence-corrected chi connectivity index (χ4v) is 4.66. The van der Waals surface area contributed by atoms with Crippen LogP contribution in [0.3, 0.4) is 0 Å². The van der Waals surface area contributed by atoms with Gasteiger partial charge < -0.3 is 19.7 Å². The summed E-state index contributed by atoms with van der Waals surface area (Å²) in [7, 11) is 0. The number of carboxylic acids is 1. The second kappa shape index (κ2) is 11.1. The first-order chi connectivity index (χ1) is 15.6. The van der Waals surface area contributed by atoms with Gasteiger partial charge >= 0.3 is 0 Å². The van der Waals surface area contributed by atoms with Crippen LogP contribution in [0.2, 0.25) is 0 Å². The van der Waals surface area contributed by atoms with Crippen LogP contribution in [0.25, 0.3) is 0 Å². The topological polar surface area (TPSA) is 69.6 Å². The Hall–Kier alpha value is -2.14. The average Bonchev–Trinajstić information content (AvgIpc) is 2.71. The lowest BCUT2D eigenvalue weighted by Gasteiger charge is -2.28. The predicted octanol–water partition coefficient (Wildman–Crippen LogP) is 6.26. The van der Waals surface area contributed by atoms with Crippen molar-refractivity contribution in [2.45, 2.75) is 90.4 Å². The van der Waals surface area contributed by atoms with Crippen molar-refractivity contribution in [3.8, 4) is 11.5 Å². The fraction of sp³-hybridized carbons (Fsp3) is 0.552. The van der Waals surface area contributed by atoms with Gasteiger partial charge in [0.1, 0.15) is 11.5 Å². The minimum absolute atomic E-state index is 0.128. The minimum atomic E-state index is -1.02. The van der Waals surface area contributed by atoms with Gasteiger partial charge in [0.25, 0.3) is 0 Å². The molecule has 188 valence electrons. The highest BCUT2D eigenvalue weighted by molar-refractivity contribution is 7.99. The zero-order chi connectivity index (χ0) is 25.7. The molecule has 0 radical (unpaired) electrons. The Balaban J connectivity index is 1.94. The molecule has 0 spiro atoms. The second-order valence-electron chi connectivity index (χ2n) is 11.7. The van der Waals surface area contributed by atoms with Crippen molar-refractivity contribution in [3.63, 3.8) is 0 Å². The summed E-state index contributed by atoms with van der Waals surface area (Å²) in [6.45, 7) is 16.7. The lowest BCUT2D eigenvalue weighted by molar-refractivity contribution is -0.317. The highest BCUT2D eigenvalue weighted by Gasteiger charge is 2.26. The molecule has 34 heavy (non-hydrogen) atoms. The molecule has 1 N–H and O–H groups in total. The van der Waals surface area contributed by atoms with Crippen LogP contribution in [-0.4, -0.2) is 23.4 Å². The van der Waals surface area contributed by atoms with Gasteiger partial charge in [0.15, 0.2) is 0 Å². The van der Waals surface area contributed by atoms with E-state index < -0.39 is 11.4 Å². The zero-order valence-corrected chi connectivity index (χ0v) is 22.9. The molecular weight excluding hydrogens is 444 g/mol. The molecule has 0 aromatic heterocycles. The van der Waals surface area contributed by atoms with Gasteiger partial charge in [-0.05, 0) is 59.9 Å². The van der Waals surface area contributed by atoms with Crippen LogP contribution in [0.15, 0.2) is 41.3 Å². The van der Waals surface area contributed by atoms with Crippen LogP contribution >= 0.6 is 11.8 Å². The molecule has 0 bridgehead atoms. The molecule has 2 rings (SSSR count). The quantitative estimate of drug-likeness (QED) is 0.318. The van der Waals surface area contributed by atoms with Crippen molar-refractivity contribution in [1.29, 1.82) is 0 Å². The van der Waals surface area contributed by atoms with Gasteiger partial charge in [-0.25, -0.2) is 0 Å². The summed E-state index contributed by atoms with van der Waals surface area (Å²) in [6, 6.07) is 12.4. The molecule has 0 unspecified atom stereocenters. The van der Waals surface area contributed by atoms with E-state index in [1.54, 1.807) is 13.8 Å². The van der Waals surface area contributed by atoms with Crippen molar-refractivity contribution in [2.24, 2.45) is 5.41 Å². The van der Waals surface area contributed by atoms with Crippen molar-refractivity contribution in [3.05, 3.63) is 53.1 Å². The van der Waals surface area contributed by atoms with E-state index in [9.17, 15) is 15.0 Å². The van der Waals surface area contributed by atoms with Crippen LogP contribution in [0.4, 0.5) is 0 Å². The minimum Gasteiger partial charge on any atom is -0.550 e. The molecule has 0 amide bonds. The van der Waals surface area contributed by atoms with E-state index in [2.05, 4.69) is 65.8 Å². The van der Waals surface area contributed by atoms with Gasteiger partial charge in [-0.15, -0.1) is 11.8 Å². The van der Waals surface area contributed by atoms with Gasteiger partial charge in [0.05, 0.1) is 6.61 Å². The Morgan fingerprint density at radius 3 is 1.94 bits per heavy atom. The summed E-state index contributed by atoms with van der Waals surface area (Å²) in [5.41, 5.74) is 2.14. The largest absolute Gasteiger partial charge is 0.550 e. The maximum atomic E-state index is 11.1. The Morgan fingerprint density at radius 1 is 0.941 bits per heavy atom. The molecule has 0 atom stereocenters. The van der Waals surface area contributed by atoms with Crippen LogP contribution in [-0.2, 0) is 22.0 Å². The van der Waals surface area contributed by atoms with E-state index in [4.69, 9.17) is 4.74 Å². The summed E-state index contributed by atoms with van der Waals surface area (Å²) in [6.07, 6.45) is 2.12. The van der Waals surface area contributed by atoms with Gasteiger partial charge in [-0.3, -0.25) is 0 Å². The summed E-state index contributed by atoms with van der Waals surface area (Å²) < 4.78 is 5.77. The highest BCUT2D eigenvalue weighted by Crippen LogP contribution is 2.41. The molecule has 0 saturated heterocycles. The maximum absolute atomic E-state index is 11.1. The molecule has 0 aliphatic rings. The van der Waals surface area contributed by atoms with E-state index in [-0.39, 0.29) is 10.8 Å². The number of aryl methyl sites for hydroxylation is 1. The Morgan fingerprint density at radius 2 is 1.47 bits per heavy atom. The molecule has 2 aromatic rings. The summed E-state index contributed by atoms with van der Waals surface area (Å²) in [4.78, 5) is 12.3. The molecule has 0 aliphatic carbocycles. The van der Waals surface area contributed by atoms with Crippen LogP contribution in [0.5, 0.6) is 11.5 Å². The van der Waals surface area contributed by atoms with Crippen molar-refractivity contribution in [2.75, 3.05) is 12.4 Å². The van der Waals surface area contributed by atoms with Crippen molar-refractivity contribution < 1.29 is 19.7 Å².